The van der Waals surface area contributed by atoms with E-state index in [1.165, 1.54) is 25.7 Å². The summed E-state index contributed by atoms with van der Waals surface area (Å²) in [5.74, 6) is 0. The van der Waals surface area contributed by atoms with E-state index in [0.29, 0.717) is 22.0 Å². The average molecular weight is 263 g/mol. The van der Waals surface area contributed by atoms with Gasteiger partial charge in [0, 0.05) is 11.7 Å². The van der Waals surface area contributed by atoms with E-state index in [1.807, 2.05) is 12.1 Å². The lowest BCUT2D eigenvalue weighted by Gasteiger charge is -2.39. The van der Waals surface area contributed by atoms with E-state index in [1.54, 1.807) is 6.07 Å². The lowest BCUT2D eigenvalue weighted by molar-refractivity contribution is 0.217. The molecular weight excluding hydrogens is 244 g/mol. The highest BCUT2D eigenvalue weighted by Crippen LogP contribution is 2.37. The number of nitrogens with one attached hydrogen (secondary N) is 1. The number of rotatable bonds is 2. The fourth-order valence-electron chi connectivity index (χ4n) is 2.66. The van der Waals surface area contributed by atoms with Crippen LogP contribution in [-0.4, -0.2) is 6.04 Å². The van der Waals surface area contributed by atoms with E-state index in [2.05, 4.69) is 25.2 Å². The molecule has 0 heterocycles. The average Bonchev–Trinajstić information content (AvgIpc) is 2.34. The van der Waals surface area contributed by atoms with Gasteiger partial charge < -0.3 is 5.32 Å². The zero-order valence-corrected chi connectivity index (χ0v) is 11.7. The Morgan fingerprint density at radius 1 is 1.39 bits per heavy atom. The number of halogens is 1. The molecule has 1 aliphatic carbocycles. The van der Waals surface area contributed by atoms with Gasteiger partial charge in [-0.3, -0.25) is 0 Å². The van der Waals surface area contributed by atoms with Gasteiger partial charge in [0.15, 0.2) is 0 Å². The molecule has 1 saturated carbocycles. The van der Waals surface area contributed by atoms with Gasteiger partial charge in [-0.25, -0.2) is 0 Å². The Kier molecular flexibility index (Phi) is 3.82. The summed E-state index contributed by atoms with van der Waals surface area (Å²) in [7, 11) is 0. The summed E-state index contributed by atoms with van der Waals surface area (Å²) < 4.78 is 0. The van der Waals surface area contributed by atoms with Crippen molar-refractivity contribution >= 4 is 17.3 Å². The Balaban J connectivity index is 2.16. The molecule has 1 aromatic rings. The molecule has 2 rings (SSSR count). The standard InChI is InChI=1S/C15H19ClN2/c1-15(2)8-4-3-5-14(15)18-12-6-7-13(16)11(9-12)10-17/h6-7,9,14,18H,3-5,8H2,1-2H3. The number of benzene rings is 1. The lowest BCUT2D eigenvalue weighted by Crippen LogP contribution is -2.38. The number of hydrogen-bond acceptors (Lipinski definition) is 2. The molecule has 18 heavy (non-hydrogen) atoms. The molecule has 2 nitrogen and oxygen atoms in total. The molecule has 0 spiro atoms. The third-order valence-electron chi connectivity index (χ3n) is 3.93. The van der Waals surface area contributed by atoms with Crippen LogP contribution in [0.1, 0.15) is 45.1 Å². The Morgan fingerprint density at radius 2 is 2.17 bits per heavy atom. The predicted octanol–water partition coefficient (Wildman–Crippen LogP) is 4.59. The molecule has 0 aromatic heterocycles. The molecule has 0 aliphatic heterocycles. The van der Waals surface area contributed by atoms with Gasteiger partial charge in [-0.2, -0.15) is 5.26 Å². The van der Waals surface area contributed by atoms with Gasteiger partial charge in [0.25, 0.3) is 0 Å². The van der Waals surface area contributed by atoms with E-state index < -0.39 is 0 Å². The molecule has 0 radical (unpaired) electrons. The fourth-order valence-corrected chi connectivity index (χ4v) is 2.82. The van der Waals surface area contributed by atoms with Crippen molar-refractivity contribution in [1.82, 2.24) is 0 Å². The van der Waals surface area contributed by atoms with Gasteiger partial charge in [0.1, 0.15) is 6.07 Å². The first-order chi connectivity index (χ1) is 8.53. The van der Waals surface area contributed by atoms with Gasteiger partial charge in [-0.05, 0) is 36.5 Å². The Morgan fingerprint density at radius 3 is 2.83 bits per heavy atom. The van der Waals surface area contributed by atoms with Crippen molar-refractivity contribution in [3.05, 3.63) is 28.8 Å². The highest BCUT2D eigenvalue weighted by molar-refractivity contribution is 6.31. The highest BCUT2D eigenvalue weighted by atomic mass is 35.5. The van der Waals surface area contributed by atoms with Crippen LogP contribution in [0.2, 0.25) is 5.02 Å². The first-order valence-electron chi connectivity index (χ1n) is 6.49. The number of anilines is 1. The van der Waals surface area contributed by atoms with E-state index in [-0.39, 0.29) is 0 Å². The van der Waals surface area contributed by atoms with E-state index >= 15 is 0 Å². The summed E-state index contributed by atoms with van der Waals surface area (Å²) in [6.45, 7) is 4.62. The zero-order chi connectivity index (χ0) is 13.2. The molecule has 1 unspecified atom stereocenters. The summed E-state index contributed by atoms with van der Waals surface area (Å²) in [6.07, 6.45) is 5.04. The van der Waals surface area contributed by atoms with Crippen LogP contribution < -0.4 is 5.32 Å². The van der Waals surface area contributed by atoms with Gasteiger partial charge in [-0.1, -0.05) is 38.3 Å². The Labute approximate surface area is 114 Å². The van der Waals surface area contributed by atoms with Crippen LogP contribution in [0.15, 0.2) is 18.2 Å². The molecule has 1 fully saturated rings. The summed E-state index contributed by atoms with van der Waals surface area (Å²) in [4.78, 5) is 0. The molecule has 3 heteroatoms. The van der Waals surface area contributed by atoms with Crippen molar-refractivity contribution in [3.8, 4) is 6.07 Å². The summed E-state index contributed by atoms with van der Waals surface area (Å²) in [5, 5.41) is 13.1. The van der Waals surface area contributed by atoms with E-state index in [0.717, 1.165) is 5.69 Å². The van der Waals surface area contributed by atoms with E-state index in [9.17, 15) is 0 Å². The summed E-state index contributed by atoms with van der Waals surface area (Å²) >= 11 is 5.94. The molecule has 1 N–H and O–H groups in total. The molecule has 0 saturated heterocycles. The van der Waals surface area contributed by atoms with Crippen LogP contribution in [0.5, 0.6) is 0 Å². The first kappa shape index (κ1) is 13.2. The number of nitrogens with zero attached hydrogens (tertiary/aromatic N) is 1. The van der Waals surface area contributed by atoms with Crippen molar-refractivity contribution in [3.63, 3.8) is 0 Å². The molecular formula is C15H19ClN2. The Hall–Kier alpha value is -1.20. The molecule has 1 aliphatic rings. The smallest absolute Gasteiger partial charge is 0.101 e. The third-order valence-corrected chi connectivity index (χ3v) is 4.26. The topological polar surface area (TPSA) is 35.8 Å². The normalized spacial score (nSPS) is 22.2. The first-order valence-corrected chi connectivity index (χ1v) is 6.87. The maximum absolute atomic E-state index is 8.99. The maximum atomic E-state index is 8.99. The zero-order valence-electron chi connectivity index (χ0n) is 11.0. The van der Waals surface area contributed by atoms with Crippen LogP contribution >= 0.6 is 11.6 Å². The minimum atomic E-state index is 0.310. The quantitative estimate of drug-likeness (QED) is 0.846. The monoisotopic (exact) mass is 262 g/mol. The second-order valence-electron chi connectivity index (χ2n) is 5.74. The summed E-state index contributed by atoms with van der Waals surface area (Å²) in [6, 6.07) is 8.18. The van der Waals surface area contributed by atoms with Crippen molar-refractivity contribution in [1.29, 1.82) is 5.26 Å². The minimum absolute atomic E-state index is 0.310. The molecule has 1 aromatic carbocycles. The highest BCUT2D eigenvalue weighted by Gasteiger charge is 2.31. The van der Waals surface area contributed by atoms with Crippen LogP contribution in [0, 0.1) is 16.7 Å². The van der Waals surface area contributed by atoms with Gasteiger partial charge in [0.05, 0.1) is 10.6 Å². The second kappa shape index (κ2) is 5.20. The third kappa shape index (κ3) is 2.79. The molecule has 1 atom stereocenters. The number of nitriles is 1. The maximum Gasteiger partial charge on any atom is 0.101 e. The van der Waals surface area contributed by atoms with Crippen LogP contribution in [0.4, 0.5) is 5.69 Å². The SMILES string of the molecule is CC1(C)CCCCC1Nc1ccc(Cl)c(C#N)c1. The number of hydrogen-bond donors (Lipinski definition) is 1. The second-order valence-corrected chi connectivity index (χ2v) is 6.14. The van der Waals surface area contributed by atoms with Gasteiger partial charge in [0.2, 0.25) is 0 Å². The van der Waals surface area contributed by atoms with Crippen LogP contribution in [0.3, 0.4) is 0 Å². The molecule has 96 valence electrons. The molecule has 0 bridgehead atoms. The van der Waals surface area contributed by atoms with Crippen molar-refractivity contribution < 1.29 is 0 Å². The van der Waals surface area contributed by atoms with E-state index in [4.69, 9.17) is 16.9 Å². The summed E-state index contributed by atoms with van der Waals surface area (Å²) in [5.41, 5.74) is 1.84. The Bertz CT molecular complexity index is 474. The van der Waals surface area contributed by atoms with Crippen molar-refractivity contribution in [2.75, 3.05) is 5.32 Å². The largest absolute Gasteiger partial charge is 0.382 e. The minimum Gasteiger partial charge on any atom is -0.382 e. The van der Waals surface area contributed by atoms with Gasteiger partial charge in [-0.15, -0.1) is 0 Å². The van der Waals surface area contributed by atoms with Crippen LogP contribution in [0.25, 0.3) is 0 Å². The lowest BCUT2D eigenvalue weighted by atomic mass is 9.73. The van der Waals surface area contributed by atoms with Crippen molar-refractivity contribution in [2.45, 2.75) is 45.6 Å². The van der Waals surface area contributed by atoms with Gasteiger partial charge >= 0.3 is 0 Å². The van der Waals surface area contributed by atoms with Crippen LogP contribution in [-0.2, 0) is 0 Å². The molecule has 0 amide bonds. The van der Waals surface area contributed by atoms with Crippen molar-refractivity contribution in [2.24, 2.45) is 5.41 Å². The predicted molar refractivity (Wildman–Crippen MR) is 75.8 cm³/mol. The fraction of sp³-hybridized carbons (Fsp3) is 0.533.